The first-order valence-corrected chi connectivity index (χ1v) is 6.55. The Labute approximate surface area is 125 Å². The molecule has 0 bridgehead atoms. The number of aryl methyl sites for hydroxylation is 1. The van der Waals surface area contributed by atoms with Crippen molar-refractivity contribution >= 4 is 34.2 Å². The van der Waals surface area contributed by atoms with Gasteiger partial charge in [-0.1, -0.05) is 11.6 Å². The summed E-state index contributed by atoms with van der Waals surface area (Å²) in [6.07, 6.45) is 1.43. The Morgan fingerprint density at radius 1 is 1.29 bits per heavy atom. The molecule has 7 heteroatoms. The molecule has 0 aliphatic carbocycles. The molecular weight excluding hydrogens is 292 g/mol. The number of rotatable bonds is 3. The Morgan fingerprint density at radius 3 is 2.90 bits per heavy atom. The van der Waals surface area contributed by atoms with Gasteiger partial charge in [-0.05, 0) is 42.8 Å². The monoisotopic (exact) mass is 302 g/mol. The van der Waals surface area contributed by atoms with Gasteiger partial charge in [0.05, 0.1) is 11.8 Å². The number of aromatic nitrogens is 2. The van der Waals surface area contributed by atoms with Gasteiger partial charge in [0, 0.05) is 5.39 Å². The summed E-state index contributed by atoms with van der Waals surface area (Å²) in [5.74, 6) is 0.215. The van der Waals surface area contributed by atoms with Crippen molar-refractivity contribution in [2.75, 3.05) is 5.43 Å². The molecule has 0 aliphatic heterocycles. The Balaban J connectivity index is 1.89. The van der Waals surface area contributed by atoms with Gasteiger partial charge in [-0.15, -0.1) is 0 Å². The molecule has 0 unspecified atom stereocenters. The number of hydrogen-bond donors (Lipinski definition) is 2. The summed E-state index contributed by atoms with van der Waals surface area (Å²) in [6.45, 7) is 1.96. The van der Waals surface area contributed by atoms with E-state index in [0.717, 1.165) is 10.9 Å². The SMILES string of the molecule is Cc1ccc2nc(Cl)nc(NNC(=O)c3ccco3)c2c1. The Kier molecular flexibility index (Phi) is 3.45. The molecule has 0 radical (unpaired) electrons. The van der Waals surface area contributed by atoms with E-state index in [1.54, 1.807) is 12.1 Å². The first kappa shape index (κ1) is 13.4. The van der Waals surface area contributed by atoms with Crippen LogP contribution in [0.4, 0.5) is 5.82 Å². The number of hydrogen-bond acceptors (Lipinski definition) is 5. The average Bonchev–Trinajstić information content (AvgIpc) is 2.99. The molecule has 0 fully saturated rings. The molecule has 2 heterocycles. The van der Waals surface area contributed by atoms with Gasteiger partial charge in [-0.2, -0.15) is 4.98 Å². The second-order valence-electron chi connectivity index (χ2n) is 4.42. The minimum absolute atomic E-state index is 0.0982. The van der Waals surface area contributed by atoms with E-state index < -0.39 is 5.91 Å². The number of amides is 1. The van der Waals surface area contributed by atoms with Crippen LogP contribution in [0.15, 0.2) is 41.0 Å². The number of nitrogens with zero attached hydrogens (tertiary/aromatic N) is 2. The standard InChI is InChI=1S/C14H11ClN4O2/c1-8-4-5-10-9(7-8)12(17-14(15)16-10)18-19-13(20)11-3-2-6-21-11/h2-7H,1H3,(H,19,20)(H,16,17,18). The molecule has 2 N–H and O–H groups in total. The first-order chi connectivity index (χ1) is 10.1. The van der Waals surface area contributed by atoms with Crippen molar-refractivity contribution in [3.05, 3.63) is 53.2 Å². The molecule has 106 valence electrons. The summed E-state index contributed by atoms with van der Waals surface area (Å²) in [5, 5.41) is 0.861. The van der Waals surface area contributed by atoms with Gasteiger partial charge >= 0.3 is 5.91 Å². The molecule has 1 aromatic carbocycles. The van der Waals surface area contributed by atoms with E-state index in [4.69, 9.17) is 16.0 Å². The molecule has 3 aromatic rings. The lowest BCUT2D eigenvalue weighted by molar-refractivity contribution is 0.0935. The number of benzene rings is 1. The van der Waals surface area contributed by atoms with Crippen LogP contribution in [0.1, 0.15) is 16.1 Å². The summed E-state index contributed by atoms with van der Waals surface area (Å²) >= 11 is 5.89. The number of carbonyl (C=O) groups excluding carboxylic acids is 1. The van der Waals surface area contributed by atoms with Crippen LogP contribution in [-0.2, 0) is 0 Å². The minimum Gasteiger partial charge on any atom is -0.459 e. The number of nitrogens with one attached hydrogen (secondary N) is 2. The van der Waals surface area contributed by atoms with Crippen LogP contribution in [0, 0.1) is 6.92 Å². The van der Waals surface area contributed by atoms with Gasteiger partial charge in [-0.25, -0.2) is 4.98 Å². The molecule has 0 atom stereocenters. The van der Waals surface area contributed by atoms with E-state index in [0.29, 0.717) is 11.3 Å². The summed E-state index contributed by atoms with van der Waals surface area (Å²) in [7, 11) is 0. The second kappa shape index (κ2) is 5.41. The maximum absolute atomic E-state index is 11.8. The molecule has 2 aromatic heterocycles. The van der Waals surface area contributed by atoms with Crippen molar-refractivity contribution in [2.45, 2.75) is 6.92 Å². The van der Waals surface area contributed by atoms with E-state index >= 15 is 0 Å². The van der Waals surface area contributed by atoms with E-state index in [-0.39, 0.29) is 11.0 Å². The lowest BCUT2D eigenvalue weighted by Gasteiger charge is -2.10. The van der Waals surface area contributed by atoms with Crippen LogP contribution >= 0.6 is 11.6 Å². The molecule has 6 nitrogen and oxygen atoms in total. The highest BCUT2D eigenvalue weighted by molar-refractivity contribution is 6.28. The maximum atomic E-state index is 11.8. The summed E-state index contributed by atoms with van der Waals surface area (Å²) in [5.41, 5.74) is 7.00. The highest BCUT2D eigenvalue weighted by Gasteiger charge is 2.11. The number of carbonyl (C=O) groups is 1. The largest absolute Gasteiger partial charge is 0.459 e. The molecule has 0 saturated carbocycles. The normalized spacial score (nSPS) is 10.6. The number of furan rings is 1. The van der Waals surface area contributed by atoms with E-state index in [2.05, 4.69) is 20.8 Å². The zero-order valence-electron chi connectivity index (χ0n) is 11.1. The number of fused-ring (bicyclic) bond motifs is 1. The van der Waals surface area contributed by atoms with Gasteiger partial charge in [0.2, 0.25) is 5.28 Å². The Bertz CT molecular complexity index is 802. The quantitative estimate of drug-likeness (QED) is 0.574. The van der Waals surface area contributed by atoms with Crippen LogP contribution in [0.5, 0.6) is 0 Å². The minimum atomic E-state index is -0.407. The summed E-state index contributed by atoms with van der Waals surface area (Å²) in [4.78, 5) is 20.1. The fraction of sp³-hybridized carbons (Fsp3) is 0.0714. The van der Waals surface area contributed by atoms with Gasteiger partial charge < -0.3 is 4.42 Å². The molecule has 0 aliphatic rings. The third-order valence-electron chi connectivity index (χ3n) is 2.86. The van der Waals surface area contributed by atoms with Crippen molar-refractivity contribution in [3.63, 3.8) is 0 Å². The van der Waals surface area contributed by atoms with Gasteiger partial charge in [0.15, 0.2) is 11.6 Å². The zero-order chi connectivity index (χ0) is 14.8. The predicted octanol–water partition coefficient (Wildman–Crippen LogP) is 2.94. The summed E-state index contributed by atoms with van der Waals surface area (Å²) < 4.78 is 5.00. The third kappa shape index (κ3) is 2.80. The van der Waals surface area contributed by atoms with Crippen LogP contribution in [0.2, 0.25) is 5.28 Å². The molecular formula is C14H11ClN4O2. The van der Waals surface area contributed by atoms with Gasteiger partial charge in [0.1, 0.15) is 0 Å². The molecule has 1 amide bonds. The van der Waals surface area contributed by atoms with Crippen molar-refractivity contribution < 1.29 is 9.21 Å². The smallest absolute Gasteiger partial charge is 0.305 e. The molecule has 0 spiro atoms. The van der Waals surface area contributed by atoms with Crippen molar-refractivity contribution in [1.82, 2.24) is 15.4 Å². The van der Waals surface area contributed by atoms with Crippen LogP contribution in [0.3, 0.4) is 0 Å². The maximum Gasteiger partial charge on any atom is 0.305 e. The number of hydrazine groups is 1. The van der Waals surface area contributed by atoms with Crippen LogP contribution < -0.4 is 10.9 Å². The molecule has 21 heavy (non-hydrogen) atoms. The fourth-order valence-corrected chi connectivity index (χ4v) is 2.07. The van der Waals surface area contributed by atoms with Gasteiger partial charge in [0.25, 0.3) is 0 Å². The van der Waals surface area contributed by atoms with Crippen molar-refractivity contribution in [2.24, 2.45) is 0 Å². The van der Waals surface area contributed by atoms with E-state index in [9.17, 15) is 4.79 Å². The van der Waals surface area contributed by atoms with Crippen molar-refractivity contribution in [1.29, 1.82) is 0 Å². The molecule has 0 saturated heterocycles. The third-order valence-corrected chi connectivity index (χ3v) is 3.03. The molecule has 3 rings (SSSR count). The van der Waals surface area contributed by atoms with Gasteiger partial charge in [-0.3, -0.25) is 15.6 Å². The van der Waals surface area contributed by atoms with E-state index in [1.165, 1.54) is 6.26 Å². The topological polar surface area (TPSA) is 80.0 Å². The van der Waals surface area contributed by atoms with Crippen LogP contribution in [-0.4, -0.2) is 15.9 Å². The zero-order valence-corrected chi connectivity index (χ0v) is 11.8. The predicted molar refractivity (Wildman–Crippen MR) is 79.1 cm³/mol. The number of halogens is 1. The van der Waals surface area contributed by atoms with E-state index in [1.807, 2.05) is 25.1 Å². The average molecular weight is 303 g/mol. The number of anilines is 1. The lowest BCUT2D eigenvalue weighted by Crippen LogP contribution is -2.29. The highest BCUT2D eigenvalue weighted by Crippen LogP contribution is 2.22. The Morgan fingerprint density at radius 2 is 2.14 bits per heavy atom. The lowest BCUT2D eigenvalue weighted by atomic mass is 10.1. The highest BCUT2D eigenvalue weighted by atomic mass is 35.5. The van der Waals surface area contributed by atoms with Crippen molar-refractivity contribution in [3.8, 4) is 0 Å². The Hall–Kier alpha value is -2.60. The summed E-state index contributed by atoms with van der Waals surface area (Å²) in [6, 6.07) is 8.88. The van der Waals surface area contributed by atoms with Crippen LogP contribution in [0.25, 0.3) is 10.9 Å². The first-order valence-electron chi connectivity index (χ1n) is 6.17. The second-order valence-corrected chi connectivity index (χ2v) is 4.76. The fourth-order valence-electron chi connectivity index (χ4n) is 1.89.